The van der Waals surface area contributed by atoms with E-state index < -0.39 is 0 Å². The summed E-state index contributed by atoms with van der Waals surface area (Å²) >= 11 is 0. The van der Waals surface area contributed by atoms with E-state index >= 15 is 0 Å². The van der Waals surface area contributed by atoms with Crippen LogP contribution in [-0.4, -0.2) is 21.3 Å². The van der Waals surface area contributed by atoms with Crippen LogP contribution in [0.4, 0.5) is 0 Å². The second-order valence-electron chi connectivity index (χ2n) is 7.30. The lowest BCUT2D eigenvalue weighted by atomic mass is 10.1. The van der Waals surface area contributed by atoms with Gasteiger partial charge in [-0.1, -0.05) is 42.0 Å². The van der Waals surface area contributed by atoms with Crippen molar-refractivity contribution in [2.75, 3.05) is 6.54 Å². The molecular weight excluding hydrogens is 348 g/mol. The maximum absolute atomic E-state index is 6.13. The second-order valence-corrected chi connectivity index (χ2v) is 7.30. The molecule has 1 N–H and O–H groups in total. The predicted molar refractivity (Wildman–Crippen MR) is 113 cm³/mol. The van der Waals surface area contributed by atoms with Crippen molar-refractivity contribution < 1.29 is 4.74 Å². The Balaban J connectivity index is 1.54. The third kappa shape index (κ3) is 5.20. The van der Waals surface area contributed by atoms with Gasteiger partial charge < -0.3 is 14.6 Å². The Morgan fingerprint density at radius 2 is 1.82 bits per heavy atom. The fraction of sp³-hybridized carbons (Fsp3) is 0.391. The maximum Gasteiger partial charge on any atom is 0.134 e. The Kier molecular flexibility index (Phi) is 6.82. The number of benzene rings is 2. The molecule has 0 unspecified atom stereocenters. The molecule has 0 radical (unpaired) electrons. The molecule has 1 heterocycles. The number of aryl methyl sites for hydroxylation is 4. The average Bonchev–Trinajstić information content (AvgIpc) is 3.12. The summed E-state index contributed by atoms with van der Waals surface area (Å²) in [6, 6.07) is 12.9. The molecule has 3 rings (SSSR count). The number of hydrogen-bond donors (Lipinski definition) is 1. The van der Waals surface area contributed by atoms with Gasteiger partial charge in [0.05, 0.1) is 0 Å². The van der Waals surface area contributed by atoms with E-state index in [0.717, 1.165) is 37.6 Å². The molecule has 0 aliphatic carbocycles. The van der Waals surface area contributed by atoms with Gasteiger partial charge in [-0.15, -0.1) is 10.2 Å². The van der Waals surface area contributed by atoms with Crippen LogP contribution in [0.1, 0.15) is 40.6 Å². The zero-order valence-electron chi connectivity index (χ0n) is 17.3. The van der Waals surface area contributed by atoms with Gasteiger partial charge in [-0.25, -0.2) is 0 Å². The van der Waals surface area contributed by atoms with Gasteiger partial charge in [0.15, 0.2) is 0 Å². The van der Waals surface area contributed by atoms with Crippen LogP contribution < -0.4 is 10.1 Å². The summed E-state index contributed by atoms with van der Waals surface area (Å²) in [7, 11) is 0. The van der Waals surface area contributed by atoms with Crippen LogP contribution in [0.2, 0.25) is 0 Å². The van der Waals surface area contributed by atoms with Crippen LogP contribution in [0.15, 0.2) is 42.7 Å². The molecular formula is C23H30N4O. The molecule has 0 aliphatic heterocycles. The van der Waals surface area contributed by atoms with Crippen LogP contribution in [0.25, 0.3) is 0 Å². The van der Waals surface area contributed by atoms with E-state index in [2.05, 4.69) is 84.2 Å². The number of hydrogen-bond acceptors (Lipinski definition) is 4. The number of rotatable bonds is 9. The molecule has 5 heteroatoms. The van der Waals surface area contributed by atoms with Crippen molar-refractivity contribution in [1.82, 2.24) is 20.1 Å². The molecule has 0 fully saturated rings. The number of aromatic nitrogens is 3. The van der Waals surface area contributed by atoms with Gasteiger partial charge in [-0.05, 0) is 49.9 Å². The third-order valence-corrected chi connectivity index (χ3v) is 4.88. The zero-order chi connectivity index (χ0) is 19.9. The van der Waals surface area contributed by atoms with Crippen LogP contribution in [-0.2, 0) is 26.1 Å². The first kappa shape index (κ1) is 20.1. The van der Waals surface area contributed by atoms with Crippen molar-refractivity contribution in [3.63, 3.8) is 0 Å². The van der Waals surface area contributed by atoms with E-state index in [0.29, 0.717) is 6.61 Å². The summed E-state index contributed by atoms with van der Waals surface area (Å²) in [5, 5.41) is 11.7. The summed E-state index contributed by atoms with van der Waals surface area (Å²) in [6.45, 7) is 11.7. The SMILES string of the molecule is CCn1cnnc1CCNCc1cc(C)c(OCc2cccc(C)c2)c(C)c1. The number of nitrogens with one attached hydrogen (secondary N) is 1. The lowest BCUT2D eigenvalue weighted by molar-refractivity contribution is 0.302. The molecule has 0 bridgehead atoms. The fourth-order valence-corrected chi connectivity index (χ4v) is 3.50. The Bertz CT molecular complexity index is 893. The predicted octanol–water partition coefficient (Wildman–Crippen LogP) is 4.13. The molecule has 148 valence electrons. The largest absolute Gasteiger partial charge is 0.488 e. The van der Waals surface area contributed by atoms with Gasteiger partial charge in [0.2, 0.25) is 0 Å². The highest BCUT2D eigenvalue weighted by Crippen LogP contribution is 2.26. The van der Waals surface area contributed by atoms with Crippen molar-refractivity contribution in [2.24, 2.45) is 0 Å². The number of ether oxygens (including phenoxy) is 1. The minimum Gasteiger partial charge on any atom is -0.488 e. The highest BCUT2D eigenvalue weighted by Gasteiger charge is 2.08. The molecule has 5 nitrogen and oxygen atoms in total. The van der Waals surface area contributed by atoms with Gasteiger partial charge in [0, 0.05) is 26.1 Å². The standard InChI is InChI=1S/C23H30N4O/c1-5-27-16-25-26-22(27)9-10-24-14-21-12-18(3)23(19(4)13-21)28-15-20-8-6-7-17(2)11-20/h6-8,11-13,16,24H,5,9-10,14-15H2,1-4H3. The van der Waals surface area contributed by atoms with E-state index in [1.165, 1.54) is 27.8 Å². The molecule has 2 aromatic carbocycles. The Morgan fingerprint density at radius 3 is 2.54 bits per heavy atom. The maximum atomic E-state index is 6.13. The van der Waals surface area contributed by atoms with Gasteiger partial charge in [-0.2, -0.15) is 0 Å². The van der Waals surface area contributed by atoms with Gasteiger partial charge in [-0.3, -0.25) is 0 Å². The van der Waals surface area contributed by atoms with Gasteiger partial charge in [0.1, 0.15) is 24.5 Å². The Labute approximate surface area is 167 Å². The van der Waals surface area contributed by atoms with Gasteiger partial charge >= 0.3 is 0 Å². The lowest BCUT2D eigenvalue weighted by Crippen LogP contribution is -2.18. The second kappa shape index (κ2) is 9.51. The lowest BCUT2D eigenvalue weighted by Gasteiger charge is -2.15. The van der Waals surface area contributed by atoms with Crippen molar-refractivity contribution in [2.45, 2.75) is 53.8 Å². The van der Waals surface area contributed by atoms with Crippen LogP contribution in [0.3, 0.4) is 0 Å². The molecule has 28 heavy (non-hydrogen) atoms. The average molecular weight is 379 g/mol. The Morgan fingerprint density at radius 1 is 1.04 bits per heavy atom. The summed E-state index contributed by atoms with van der Waals surface area (Å²) in [5.41, 5.74) is 6.08. The Hall–Kier alpha value is -2.66. The van der Waals surface area contributed by atoms with E-state index in [-0.39, 0.29) is 0 Å². The molecule has 0 saturated carbocycles. The topological polar surface area (TPSA) is 52.0 Å². The fourth-order valence-electron chi connectivity index (χ4n) is 3.50. The molecule has 3 aromatic rings. The van der Waals surface area contributed by atoms with Crippen molar-refractivity contribution in [3.8, 4) is 5.75 Å². The summed E-state index contributed by atoms with van der Waals surface area (Å²) in [6.07, 6.45) is 2.67. The van der Waals surface area contributed by atoms with Crippen LogP contribution >= 0.6 is 0 Å². The molecule has 0 saturated heterocycles. The molecule has 0 amide bonds. The smallest absolute Gasteiger partial charge is 0.134 e. The monoisotopic (exact) mass is 378 g/mol. The van der Waals surface area contributed by atoms with Crippen molar-refractivity contribution >= 4 is 0 Å². The summed E-state index contributed by atoms with van der Waals surface area (Å²) in [4.78, 5) is 0. The van der Waals surface area contributed by atoms with E-state index in [9.17, 15) is 0 Å². The molecule has 0 spiro atoms. The first-order chi connectivity index (χ1) is 13.6. The summed E-state index contributed by atoms with van der Waals surface area (Å²) < 4.78 is 8.21. The minimum atomic E-state index is 0.596. The van der Waals surface area contributed by atoms with Crippen molar-refractivity contribution in [1.29, 1.82) is 0 Å². The highest BCUT2D eigenvalue weighted by atomic mass is 16.5. The van der Waals surface area contributed by atoms with E-state index in [1.807, 2.05) is 0 Å². The van der Waals surface area contributed by atoms with E-state index in [1.54, 1.807) is 6.33 Å². The highest BCUT2D eigenvalue weighted by molar-refractivity contribution is 5.43. The van der Waals surface area contributed by atoms with Crippen LogP contribution in [0.5, 0.6) is 5.75 Å². The van der Waals surface area contributed by atoms with Crippen molar-refractivity contribution in [3.05, 3.63) is 76.4 Å². The molecule has 0 atom stereocenters. The minimum absolute atomic E-state index is 0.596. The van der Waals surface area contributed by atoms with Gasteiger partial charge in [0.25, 0.3) is 0 Å². The normalized spacial score (nSPS) is 11.0. The zero-order valence-corrected chi connectivity index (χ0v) is 17.3. The number of nitrogens with zero attached hydrogens (tertiary/aromatic N) is 3. The third-order valence-electron chi connectivity index (χ3n) is 4.88. The molecule has 1 aromatic heterocycles. The summed E-state index contributed by atoms with van der Waals surface area (Å²) in [5.74, 6) is 2.02. The van der Waals surface area contributed by atoms with Crippen LogP contribution in [0, 0.1) is 20.8 Å². The first-order valence-electron chi connectivity index (χ1n) is 9.92. The first-order valence-corrected chi connectivity index (χ1v) is 9.92. The molecule has 0 aliphatic rings. The van der Waals surface area contributed by atoms with E-state index in [4.69, 9.17) is 4.74 Å². The quantitative estimate of drug-likeness (QED) is 0.569.